The van der Waals surface area contributed by atoms with Gasteiger partial charge in [0.15, 0.2) is 6.61 Å². The van der Waals surface area contributed by atoms with E-state index in [4.69, 9.17) is 27.9 Å². The number of amides is 2. The van der Waals surface area contributed by atoms with Gasteiger partial charge in [-0.3, -0.25) is 9.59 Å². The molecular weight excluding hydrogens is 485 g/mol. The highest BCUT2D eigenvalue weighted by atomic mass is 35.5. The van der Waals surface area contributed by atoms with Crippen molar-refractivity contribution in [3.8, 4) is 5.75 Å². The fourth-order valence-corrected chi connectivity index (χ4v) is 3.71. The van der Waals surface area contributed by atoms with Crippen LogP contribution in [-0.2, 0) is 16.0 Å². The summed E-state index contributed by atoms with van der Waals surface area (Å²) in [4.78, 5) is 24.4. The zero-order valence-corrected chi connectivity index (χ0v) is 20.0. The van der Waals surface area contributed by atoms with E-state index in [1.807, 2.05) is 42.5 Å². The van der Waals surface area contributed by atoms with E-state index < -0.39 is 0 Å². The topological polar surface area (TPSA) is 79.8 Å². The predicted molar refractivity (Wildman–Crippen MR) is 140 cm³/mol. The van der Waals surface area contributed by atoms with Gasteiger partial charge in [-0.25, -0.2) is 5.43 Å². The van der Waals surface area contributed by atoms with E-state index >= 15 is 0 Å². The van der Waals surface area contributed by atoms with Gasteiger partial charge in [0.05, 0.1) is 22.7 Å². The van der Waals surface area contributed by atoms with Gasteiger partial charge in [-0.2, -0.15) is 5.10 Å². The van der Waals surface area contributed by atoms with Crippen LogP contribution in [0.2, 0.25) is 10.0 Å². The molecule has 35 heavy (non-hydrogen) atoms. The maximum Gasteiger partial charge on any atom is 0.262 e. The van der Waals surface area contributed by atoms with Crippen molar-refractivity contribution >= 4 is 57.7 Å². The third-order valence-electron chi connectivity index (χ3n) is 5.09. The molecule has 0 aliphatic carbocycles. The van der Waals surface area contributed by atoms with E-state index in [9.17, 15) is 9.59 Å². The highest BCUT2D eigenvalue weighted by molar-refractivity contribution is 6.42. The molecule has 8 heteroatoms. The molecule has 0 saturated heterocycles. The SMILES string of the molecule is O=C(Cc1cccc2ccccc12)N/N=C/c1ccc(OCC(=O)Nc2ccc(Cl)c(Cl)c2)cc1. The Morgan fingerprint density at radius 2 is 1.63 bits per heavy atom. The van der Waals surface area contributed by atoms with Gasteiger partial charge in [0.1, 0.15) is 5.75 Å². The van der Waals surface area contributed by atoms with E-state index in [-0.39, 0.29) is 24.8 Å². The number of fused-ring (bicyclic) bond motifs is 1. The molecule has 0 heterocycles. The fraction of sp³-hybridized carbons (Fsp3) is 0.0741. The van der Waals surface area contributed by atoms with Crippen molar-refractivity contribution in [3.05, 3.63) is 106 Å². The Balaban J connectivity index is 1.24. The summed E-state index contributed by atoms with van der Waals surface area (Å²) in [5, 5.41) is 9.63. The van der Waals surface area contributed by atoms with Crippen LogP contribution in [0.3, 0.4) is 0 Å². The van der Waals surface area contributed by atoms with E-state index in [0.29, 0.717) is 21.5 Å². The summed E-state index contributed by atoms with van der Waals surface area (Å²) in [5.74, 6) is -0.0140. The quantitative estimate of drug-likeness (QED) is 0.232. The first-order valence-corrected chi connectivity index (χ1v) is 11.5. The Morgan fingerprint density at radius 1 is 0.857 bits per heavy atom. The standard InChI is InChI=1S/C27H21Cl2N3O3/c28-24-13-10-21(15-25(24)29)31-27(34)17-35-22-11-8-18(9-12-22)16-30-32-26(33)14-20-6-3-5-19-4-1-2-7-23(19)20/h1-13,15-16H,14,17H2,(H,31,34)(H,32,33)/b30-16+. The maximum atomic E-state index is 12.3. The van der Waals surface area contributed by atoms with Crippen LogP contribution < -0.4 is 15.5 Å². The lowest BCUT2D eigenvalue weighted by atomic mass is 10.0. The number of benzene rings is 4. The number of carbonyl (C=O) groups excluding carboxylic acids is 2. The summed E-state index contributed by atoms with van der Waals surface area (Å²) in [6, 6.07) is 25.6. The van der Waals surface area contributed by atoms with Gasteiger partial charge >= 0.3 is 0 Å². The Kier molecular flexibility index (Phi) is 7.98. The zero-order chi connectivity index (χ0) is 24.6. The highest BCUT2D eigenvalue weighted by Gasteiger charge is 2.07. The van der Waals surface area contributed by atoms with Crippen molar-refractivity contribution in [2.45, 2.75) is 6.42 Å². The van der Waals surface area contributed by atoms with Crippen molar-refractivity contribution in [1.82, 2.24) is 5.43 Å². The summed E-state index contributed by atoms with van der Waals surface area (Å²) in [6.07, 6.45) is 1.78. The Hall–Kier alpha value is -3.87. The van der Waals surface area contributed by atoms with Crippen molar-refractivity contribution < 1.29 is 14.3 Å². The molecule has 0 aliphatic heterocycles. The molecule has 2 amide bonds. The number of nitrogens with zero attached hydrogens (tertiary/aromatic N) is 1. The summed E-state index contributed by atoms with van der Waals surface area (Å²) in [7, 11) is 0. The van der Waals surface area contributed by atoms with Crippen LogP contribution in [0.5, 0.6) is 5.75 Å². The highest BCUT2D eigenvalue weighted by Crippen LogP contribution is 2.25. The molecule has 4 rings (SSSR count). The molecule has 6 nitrogen and oxygen atoms in total. The van der Waals surface area contributed by atoms with Crippen LogP contribution in [-0.4, -0.2) is 24.6 Å². The Labute approximate surface area is 212 Å². The molecule has 4 aromatic carbocycles. The van der Waals surface area contributed by atoms with E-state index in [0.717, 1.165) is 21.9 Å². The number of anilines is 1. The number of halogens is 2. The van der Waals surface area contributed by atoms with Crippen LogP contribution >= 0.6 is 23.2 Å². The van der Waals surface area contributed by atoms with E-state index in [1.165, 1.54) is 0 Å². The molecule has 0 bridgehead atoms. The normalized spacial score (nSPS) is 10.9. The molecule has 0 saturated carbocycles. The number of carbonyl (C=O) groups is 2. The largest absolute Gasteiger partial charge is 0.484 e. The number of ether oxygens (including phenoxy) is 1. The number of hydrazone groups is 1. The van der Waals surface area contributed by atoms with Gasteiger partial charge in [0, 0.05) is 5.69 Å². The maximum absolute atomic E-state index is 12.3. The molecule has 0 spiro atoms. The second-order valence-electron chi connectivity index (χ2n) is 7.64. The summed E-state index contributed by atoms with van der Waals surface area (Å²) < 4.78 is 5.51. The number of hydrogen-bond acceptors (Lipinski definition) is 4. The van der Waals surface area contributed by atoms with Crippen molar-refractivity contribution in [3.63, 3.8) is 0 Å². The smallest absolute Gasteiger partial charge is 0.262 e. The van der Waals surface area contributed by atoms with Gasteiger partial charge in [0.2, 0.25) is 5.91 Å². The third-order valence-corrected chi connectivity index (χ3v) is 5.83. The summed E-state index contributed by atoms with van der Waals surface area (Å²) in [5.41, 5.74) is 4.80. The van der Waals surface area contributed by atoms with Crippen LogP contribution in [0.15, 0.2) is 90.0 Å². The van der Waals surface area contributed by atoms with Gasteiger partial charge in [-0.15, -0.1) is 0 Å². The predicted octanol–water partition coefficient (Wildman–Crippen LogP) is 5.86. The first kappa shape index (κ1) is 24.3. The average Bonchev–Trinajstić information content (AvgIpc) is 2.86. The van der Waals surface area contributed by atoms with Gasteiger partial charge in [-0.1, -0.05) is 65.7 Å². The third kappa shape index (κ3) is 6.82. The first-order chi connectivity index (χ1) is 17.0. The molecule has 0 atom stereocenters. The first-order valence-electron chi connectivity index (χ1n) is 10.7. The van der Waals surface area contributed by atoms with Crippen molar-refractivity contribution in [2.75, 3.05) is 11.9 Å². The summed E-state index contributed by atoms with van der Waals surface area (Å²) >= 11 is 11.8. The molecule has 176 valence electrons. The van der Waals surface area contributed by atoms with Crippen molar-refractivity contribution in [2.24, 2.45) is 5.10 Å². The summed E-state index contributed by atoms with van der Waals surface area (Å²) in [6.45, 7) is -0.169. The number of hydrogen-bond donors (Lipinski definition) is 2. The minimum absolute atomic E-state index is 0.169. The minimum Gasteiger partial charge on any atom is -0.484 e. The molecular formula is C27H21Cl2N3O3. The van der Waals surface area contributed by atoms with Crippen LogP contribution in [0.25, 0.3) is 10.8 Å². The van der Waals surface area contributed by atoms with Crippen molar-refractivity contribution in [1.29, 1.82) is 0 Å². The molecule has 0 radical (unpaired) electrons. The van der Waals surface area contributed by atoms with Crippen LogP contribution in [0, 0.1) is 0 Å². The molecule has 2 N–H and O–H groups in total. The second kappa shape index (κ2) is 11.5. The van der Waals surface area contributed by atoms with Gasteiger partial charge < -0.3 is 10.1 Å². The molecule has 0 aliphatic rings. The number of nitrogens with one attached hydrogen (secondary N) is 2. The van der Waals surface area contributed by atoms with Crippen LogP contribution in [0.4, 0.5) is 5.69 Å². The fourth-order valence-electron chi connectivity index (χ4n) is 3.41. The van der Waals surface area contributed by atoms with E-state index in [1.54, 1.807) is 48.7 Å². The lowest BCUT2D eigenvalue weighted by molar-refractivity contribution is -0.120. The molecule has 4 aromatic rings. The Morgan fingerprint density at radius 3 is 2.43 bits per heavy atom. The lowest BCUT2D eigenvalue weighted by Gasteiger charge is -2.08. The number of rotatable bonds is 8. The zero-order valence-electron chi connectivity index (χ0n) is 18.5. The lowest BCUT2D eigenvalue weighted by Crippen LogP contribution is -2.20. The monoisotopic (exact) mass is 505 g/mol. The van der Waals surface area contributed by atoms with Gasteiger partial charge in [0.25, 0.3) is 5.91 Å². The van der Waals surface area contributed by atoms with Gasteiger partial charge in [-0.05, 0) is 64.4 Å². The van der Waals surface area contributed by atoms with E-state index in [2.05, 4.69) is 15.8 Å². The molecule has 0 fully saturated rings. The Bertz CT molecular complexity index is 1380. The van der Waals surface area contributed by atoms with Crippen LogP contribution in [0.1, 0.15) is 11.1 Å². The second-order valence-corrected chi connectivity index (χ2v) is 8.46. The molecule has 0 unspecified atom stereocenters. The minimum atomic E-state index is -0.331. The average molecular weight is 506 g/mol. The molecule has 0 aromatic heterocycles.